The van der Waals surface area contributed by atoms with Gasteiger partial charge >= 0.3 is 29.6 Å². The van der Waals surface area contributed by atoms with Crippen molar-refractivity contribution in [3.63, 3.8) is 0 Å². The van der Waals surface area contributed by atoms with Crippen molar-refractivity contribution < 1.29 is 46.7 Å². The number of hydrogen-bond acceptors (Lipinski definition) is 4. The third-order valence-electron chi connectivity index (χ3n) is 3.37. The van der Waals surface area contributed by atoms with E-state index in [1.807, 2.05) is 0 Å². The standard InChI is InChI=1S/C14H30O4S.Na/c1-3-4-5-8-11-14(2)12-9-6-7-10-13-18-19(15,16)17;/h14H,3-13H2,1-2H3,(H,15,16,17);/q;+1/p-1. The molecule has 1 unspecified atom stereocenters. The zero-order valence-corrected chi connectivity index (χ0v) is 16.2. The van der Waals surface area contributed by atoms with Crippen molar-refractivity contribution in [1.29, 1.82) is 0 Å². The van der Waals surface area contributed by atoms with Crippen LogP contribution in [0.4, 0.5) is 0 Å². The van der Waals surface area contributed by atoms with E-state index in [9.17, 15) is 13.0 Å². The zero-order valence-electron chi connectivity index (χ0n) is 13.4. The fourth-order valence-electron chi connectivity index (χ4n) is 2.17. The van der Waals surface area contributed by atoms with E-state index in [1.165, 1.54) is 44.9 Å². The van der Waals surface area contributed by atoms with E-state index in [4.69, 9.17) is 0 Å². The van der Waals surface area contributed by atoms with Crippen molar-refractivity contribution in [3.05, 3.63) is 0 Å². The summed E-state index contributed by atoms with van der Waals surface area (Å²) in [5, 5.41) is 0. The van der Waals surface area contributed by atoms with E-state index in [-0.39, 0.29) is 36.2 Å². The smallest absolute Gasteiger partial charge is 0.726 e. The van der Waals surface area contributed by atoms with Gasteiger partial charge in [0.1, 0.15) is 0 Å². The van der Waals surface area contributed by atoms with Gasteiger partial charge in [-0.3, -0.25) is 4.18 Å². The summed E-state index contributed by atoms with van der Waals surface area (Å²) in [7, 11) is -4.50. The van der Waals surface area contributed by atoms with Crippen LogP contribution >= 0.6 is 0 Å². The average Bonchev–Trinajstić information content (AvgIpc) is 2.32. The first-order valence-electron chi connectivity index (χ1n) is 7.56. The van der Waals surface area contributed by atoms with Gasteiger partial charge in [-0.15, -0.1) is 0 Å². The summed E-state index contributed by atoms with van der Waals surface area (Å²) in [6.07, 6.45) is 11.7. The Morgan fingerprint density at radius 2 is 1.45 bits per heavy atom. The van der Waals surface area contributed by atoms with Crippen LogP contribution in [0.1, 0.15) is 78.1 Å². The predicted molar refractivity (Wildman–Crippen MR) is 76.7 cm³/mol. The molecule has 0 saturated heterocycles. The van der Waals surface area contributed by atoms with Crippen LogP contribution in [-0.2, 0) is 14.6 Å². The van der Waals surface area contributed by atoms with Crippen LogP contribution in [-0.4, -0.2) is 19.6 Å². The molecule has 0 aliphatic heterocycles. The quantitative estimate of drug-likeness (QED) is 0.220. The molecule has 0 N–H and O–H groups in total. The summed E-state index contributed by atoms with van der Waals surface area (Å²) < 4.78 is 34.7. The van der Waals surface area contributed by atoms with Crippen molar-refractivity contribution in [2.75, 3.05) is 6.61 Å². The first-order chi connectivity index (χ1) is 8.95. The zero-order chi connectivity index (χ0) is 14.6. The molecule has 0 rings (SSSR count). The third kappa shape index (κ3) is 18.9. The minimum Gasteiger partial charge on any atom is -0.726 e. The van der Waals surface area contributed by atoms with E-state index >= 15 is 0 Å². The van der Waals surface area contributed by atoms with Gasteiger partial charge in [-0.2, -0.15) is 0 Å². The Bertz CT molecular complexity index is 294. The third-order valence-corrected chi connectivity index (χ3v) is 3.82. The van der Waals surface area contributed by atoms with Gasteiger partial charge in [-0.1, -0.05) is 71.6 Å². The molecule has 0 aromatic carbocycles. The van der Waals surface area contributed by atoms with Gasteiger partial charge in [0.25, 0.3) is 0 Å². The van der Waals surface area contributed by atoms with E-state index in [0.29, 0.717) is 6.42 Å². The molecule has 1 atom stereocenters. The first-order valence-corrected chi connectivity index (χ1v) is 8.89. The monoisotopic (exact) mass is 316 g/mol. The maximum Gasteiger partial charge on any atom is 1.00 e. The topological polar surface area (TPSA) is 66.4 Å². The Hall–Kier alpha value is 0.870. The molecule has 0 heterocycles. The Morgan fingerprint density at radius 1 is 0.950 bits per heavy atom. The van der Waals surface area contributed by atoms with Crippen molar-refractivity contribution in [2.24, 2.45) is 5.92 Å². The summed E-state index contributed by atoms with van der Waals surface area (Å²) in [6, 6.07) is 0. The molecule has 0 fully saturated rings. The molecule has 0 bridgehead atoms. The molecule has 0 spiro atoms. The van der Waals surface area contributed by atoms with Crippen molar-refractivity contribution >= 4 is 10.4 Å². The van der Waals surface area contributed by atoms with Gasteiger partial charge in [0.15, 0.2) is 0 Å². The molecule has 0 radical (unpaired) electrons. The molecular weight excluding hydrogens is 287 g/mol. The predicted octanol–water partition coefficient (Wildman–Crippen LogP) is 1.02. The van der Waals surface area contributed by atoms with Crippen molar-refractivity contribution in [1.82, 2.24) is 0 Å². The number of unbranched alkanes of at least 4 members (excludes halogenated alkanes) is 6. The van der Waals surface area contributed by atoms with Gasteiger partial charge in [-0.25, -0.2) is 8.42 Å². The molecule has 0 aliphatic carbocycles. The summed E-state index contributed by atoms with van der Waals surface area (Å²) in [5.74, 6) is 0.787. The fourth-order valence-corrected chi connectivity index (χ4v) is 2.50. The molecule has 116 valence electrons. The van der Waals surface area contributed by atoms with Crippen LogP contribution in [0, 0.1) is 5.92 Å². The Labute approximate surface area is 147 Å². The molecule has 0 aromatic heterocycles. The average molecular weight is 316 g/mol. The van der Waals surface area contributed by atoms with Gasteiger partial charge in [0, 0.05) is 0 Å². The van der Waals surface area contributed by atoms with E-state index < -0.39 is 10.4 Å². The van der Waals surface area contributed by atoms with E-state index in [1.54, 1.807) is 0 Å². The van der Waals surface area contributed by atoms with Crippen LogP contribution in [0.15, 0.2) is 0 Å². The second kappa shape index (κ2) is 14.8. The van der Waals surface area contributed by atoms with Crippen LogP contribution in [0.2, 0.25) is 0 Å². The molecule has 4 nitrogen and oxygen atoms in total. The van der Waals surface area contributed by atoms with E-state index in [2.05, 4.69) is 18.0 Å². The second-order valence-corrected chi connectivity index (χ2v) is 6.44. The summed E-state index contributed by atoms with van der Waals surface area (Å²) in [5.41, 5.74) is 0. The second-order valence-electron chi connectivity index (χ2n) is 5.39. The van der Waals surface area contributed by atoms with Crippen molar-refractivity contribution in [2.45, 2.75) is 78.1 Å². The summed E-state index contributed by atoms with van der Waals surface area (Å²) in [6.45, 7) is 4.56. The van der Waals surface area contributed by atoms with Gasteiger partial charge < -0.3 is 4.55 Å². The summed E-state index contributed by atoms with van der Waals surface area (Å²) in [4.78, 5) is 0. The summed E-state index contributed by atoms with van der Waals surface area (Å²) >= 11 is 0. The maximum atomic E-state index is 10.2. The minimum absolute atomic E-state index is 0. The van der Waals surface area contributed by atoms with Crippen LogP contribution < -0.4 is 29.6 Å². The van der Waals surface area contributed by atoms with Crippen molar-refractivity contribution in [3.8, 4) is 0 Å². The normalized spacial score (nSPS) is 12.9. The molecule has 0 saturated carbocycles. The largest absolute Gasteiger partial charge is 1.00 e. The SMILES string of the molecule is CCCCCCC(C)CCCCCCOS(=O)(=O)[O-].[Na+]. The van der Waals surface area contributed by atoms with E-state index in [0.717, 1.165) is 18.8 Å². The molecule has 0 aromatic rings. The first kappa shape index (κ1) is 23.1. The molecule has 0 amide bonds. The molecular formula is C14H29NaO4S. The molecule has 20 heavy (non-hydrogen) atoms. The maximum absolute atomic E-state index is 10.2. The minimum atomic E-state index is -4.50. The van der Waals surface area contributed by atoms with Crippen LogP contribution in [0.3, 0.4) is 0 Å². The van der Waals surface area contributed by atoms with Crippen LogP contribution in [0.5, 0.6) is 0 Å². The fraction of sp³-hybridized carbons (Fsp3) is 1.00. The number of rotatable bonds is 13. The molecule has 0 aliphatic rings. The number of hydrogen-bond donors (Lipinski definition) is 0. The van der Waals surface area contributed by atoms with Gasteiger partial charge in [0.05, 0.1) is 6.61 Å². The van der Waals surface area contributed by atoms with Gasteiger partial charge in [0.2, 0.25) is 10.4 Å². The van der Waals surface area contributed by atoms with Gasteiger partial charge in [-0.05, 0) is 12.3 Å². The van der Waals surface area contributed by atoms with Crippen LogP contribution in [0.25, 0.3) is 0 Å². The molecule has 6 heteroatoms. The Morgan fingerprint density at radius 3 is 1.95 bits per heavy atom. The Kier molecular flexibility index (Phi) is 17.1. The Balaban J connectivity index is 0.